The number of methoxy groups -OCH3 is 1. The average Bonchev–Trinajstić information content (AvgIpc) is 3.07. The Morgan fingerprint density at radius 3 is 2.94 bits per heavy atom. The van der Waals surface area contributed by atoms with Crippen molar-refractivity contribution in [2.24, 2.45) is 5.92 Å². The highest BCUT2D eigenvalue weighted by molar-refractivity contribution is 5.83. The largest absolute Gasteiger partial charge is 0.382 e. The molecule has 1 atom stereocenters. The van der Waals surface area contributed by atoms with Crippen molar-refractivity contribution in [2.45, 2.75) is 18.4 Å². The van der Waals surface area contributed by atoms with Gasteiger partial charge in [0.15, 0.2) is 0 Å². The van der Waals surface area contributed by atoms with E-state index in [-0.39, 0.29) is 0 Å². The van der Waals surface area contributed by atoms with E-state index < -0.39 is 5.60 Å². The fourth-order valence-electron chi connectivity index (χ4n) is 2.66. The number of aliphatic hydroxyl groups is 1. The molecule has 2 N–H and O–H groups in total. The summed E-state index contributed by atoms with van der Waals surface area (Å²) in [4.78, 5) is 3.18. The van der Waals surface area contributed by atoms with Gasteiger partial charge >= 0.3 is 0 Å². The van der Waals surface area contributed by atoms with Crippen molar-refractivity contribution in [1.82, 2.24) is 4.98 Å². The third kappa shape index (κ3) is 1.66. The van der Waals surface area contributed by atoms with Crippen LogP contribution in [-0.4, -0.2) is 23.8 Å². The highest BCUT2D eigenvalue weighted by atomic mass is 16.5. The van der Waals surface area contributed by atoms with Crippen LogP contribution in [0.2, 0.25) is 0 Å². The molecule has 0 spiro atoms. The van der Waals surface area contributed by atoms with E-state index in [2.05, 4.69) is 4.98 Å². The predicted octanol–water partition coefficient (Wildman–Crippen LogP) is 2.41. The van der Waals surface area contributed by atoms with Crippen LogP contribution in [0, 0.1) is 5.92 Å². The van der Waals surface area contributed by atoms with Crippen LogP contribution in [0.25, 0.3) is 10.9 Å². The lowest BCUT2D eigenvalue weighted by atomic mass is 9.87. The molecule has 0 bridgehead atoms. The van der Waals surface area contributed by atoms with Crippen molar-refractivity contribution < 1.29 is 9.84 Å². The molecule has 1 unspecified atom stereocenters. The third-order valence-electron chi connectivity index (χ3n) is 3.68. The summed E-state index contributed by atoms with van der Waals surface area (Å²) in [5, 5.41) is 12.0. The summed E-state index contributed by atoms with van der Waals surface area (Å²) in [5.74, 6) is 0.336. The minimum atomic E-state index is -0.837. The van der Waals surface area contributed by atoms with Gasteiger partial charge in [-0.05, 0) is 36.5 Å². The second kappa shape index (κ2) is 3.86. The highest BCUT2D eigenvalue weighted by Gasteiger charge is 2.45. The van der Waals surface area contributed by atoms with E-state index >= 15 is 0 Å². The minimum Gasteiger partial charge on any atom is -0.382 e. The van der Waals surface area contributed by atoms with Crippen LogP contribution in [0.1, 0.15) is 18.4 Å². The molecule has 3 nitrogen and oxygen atoms in total. The number of aromatic nitrogens is 1. The summed E-state index contributed by atoms with van der Waals surface area (Å²) in [7, 11) is 1.64. The molecule has 1 fully saturated rings. The zero-order valence-electron chi connectivity index (χ0n) is 9.94. The lowest BCUT2D eigenvalue weighted by Gasteiger charge is -2.28. The second-order valence-corrected chi connectivity index (χ2v) is 4.88. The summed E-state index contributed by atoms with van der Waals surface area (Å²) in [6, 6.07) is 8.04. The summed E-state index contributed by atoms with van der Waals surface area (Å²) in [5.41, 5.74) is 1.22. The second-order valence-electron chi connectivity index (χ2n) is 4.88. The van der Waals surface area contributed by atoms with Crippen molar-refractivity contribution in [3.63, 3.8) is 0 Å². The topological polar surface area (TPSA) is 45.2 Å². The summed E-state index contributed by atoms with van der Waals surface area (Å²) in [6.45, 7) is 0.363. The van der Waals surface area contributed by atoms with Crippen molar-refractivity contribution in [2.75, 3.05) is 13.7 Å². The van der Waals surface area contributed by atoms with Gasteiger partial charge in [-0.1, -0.05) is 12.1 Å². The molecular formula is C14H17NO2. The lowest BCUT2D eigenvalue weighted by Crippen LogP contribution is -2.33. The maximum atomic E-state index is 10.9. The normalized spacial score (nSPS) is 19.4. The van der Waals surface area contributed by atoms with Crippen LogP contribution >= 0.6 is 0 Å². The number of nitrogens with one attached hydrogen (secondary N) is 1. The molecule has 0 radical (unpaired) electrons. The van der Waals surface area contributed by atoms with E-state index in [0.717, 1.165) is 29.3 Å². The molecular weight excluding hydrogens is 214 g/mol. The van der Waals surface area contributed by atoms with Crippen LogP contribution in [0.4, 0.5) is 0 Å². The number of rotatable bonds is 4. The number of ether oxygens (including phenoxy) is 1. The Balaban J connectivity index is 2.14. The molecule has 90 valence electrons. The number of aromatic amines is 1. The predicted molar refractivity (Wildman–Crippen MR) is 66.8 cm³/mol. The van der Waals surface area contributed by atoms with Gasteiger partial charge in [0.1, 0.15) is 5.60 Å². The monoisotopic (exact) mass is 231 g/mol. The molecule has 1 aromatic carbocycles. The Hall–Kier alpha value is -1.32. The first kappa shape index (κ1) is 10.8. The fourth-order valence-corrected chi connectivity index (χ4v) is 2.66. The van der Waals surface area contributed by atoms with Gasteiger partial charge in [-0.3, -0.25) is 0 Å². The molecule has 3 rings (SSSR count). The smallest absolute Gasteiger partial charge is 0.116 e. The SMILES string of the molecule is COCC(O)(c1cccc2[nH]ccc12)C1CC1. The van der Waals surface area contributed by atoms with Crippen LogP contribution in [-0.2, 0) is 10.3 Å². The van der Waals surface area contributed by atoms with Gasteiger partial charge in [0.25, 0.3) is 0 Å². The van der Waals surface area contributed by atoms with Crippen molar-refractivity contribution in [1.29, 1.82) is 0 Å². The van der Waals surface area contributed by atoms with Crippen LogP contribution < -0.4 is 0 Å². The maximum absolute atomic E-state index is 10.9. The van der Waals surface area contributed by atoms with Crippen molar-refractivity contribution >= 4 is 10.9 Å². The van der Waals surface area contributed by atoms with E-state index in [9.17, 15) is 5.11 Å². The molecule has 1 saturated carbocycles. The molecule has 0 amide bonds. The van der Waals surface area contributed by atoms with E-state index in [1.807, 2.05) is 30.5 Å². The maximum Gasteiger partial charge on any atom is 0.116 e. The van der Waals surface area contributed by atoms with Gasteiger partial charge in [0.05, 0.1) is 6.61 Å². The van der Waals surface area contributed by atoms with Gasteiger partial charge in [0.2, 0.25) is 0 Å². The molecule has 2 aromatic rings. The highest BCUT2D eigenvalue weighted by Crippen LogP contribution is 2.47. The van der Waals surface area contributed by atoms with Crippen LogP contribution in [0.3, 0.4) is 0 Å². The first-order valence-electron chi connectivity index (χ1n) is 6.03. The average molecular weight is 231 g/mol. The lowest BCUT2D eigenvalue weighted by molar-refractivity contribution is -0.0521. The Labute approximate surface area is 100 Å². The Kier molecular flexibility index (Phi) is 2.45. The van der Waals surface area contributed by atoms with Crippen LogP contribution in [0.5, 0.6) is 0 Å². The van der Waals surface area contributed by atoms with E-state index in [1.165, 1.54) is 0 Å². The standard InChI is InChI=1S/C14H17NO2/c1-17-9-14(16,10-5-6-10)12-3-2-4-13-11(12)7-8-15-13/h2-4,7-8,10,15-16H,5-6,9H2,1H3. The third-order valence-corrected chi connectivity index (χ3v) is 3.68. The van der Waals surface area contributed by atoms with E-state index in [4.69, 9.17) is 4.74 Å². The first-order valence-corrected chi connectivity index (χ1v) is 6.03. The first-order chi connectivity index (χ1) is 8.25. The number of benzene rings is 1. The summed E-state index contributed by atoms with van der Waals surface area (Å²) >= 11 is 0. The molecule has 1 aliphatic rings. The van der Waals surface area contributed by atoms with Gasteiger partial charge in [-0.15, -0.1) is 0 Å². The molecule has 1 heterocycles. The zero-order valence-corrected chi connectivity index (χ0v) is 9.94. The van der Waals surface area contributed by atoms with Gasteiger partial charge in [-0.2, -0.15) is 0 Å². The number of H-pyrrole nitrogens is 1. The Bertz CT molecular complexity index is 530. The summed E-state index contributed by atoms with van der Waals surface area (Å²) < 4.78 is 5.23. The minimum absolute atomic E-state index is 0.336. The molecule has 17 heavy (non-hydrogen) atoms. The Morgan fingerprint density at radius 1 is 1.41 bits per heavy atom. The molecule has 1 aromatic heterocycles. The quantitative estimate of drug-likeness (QED) is 0.848. The number of hydrogen-bond donors (Lipinski definition) is 2. The Morgan fingerprint density at radius 2 is 2.24 bits per heavy atom. The van der Waals surface area contributed by atoms with Gasteiger partial charge in [0, 0.05) is 24.2 Å². The van der Waals surface area contributed by atoms with Crippen molar-refractivity contribution in [3.05, 3.63) is 36.0 Å². The summed E-state index contributed by atoms with van der Waals surface area (Å²) in [6.07, 6.45) is 4.08. The molecule has 3 heteroatoms. The van der Waals surface area contributed by atoms with E-state index in [0.29, 0.717) is 12.5 Å². The number of hydrogen-bond acceptors (Lipinski definition) is 2. The van der Waals surface area contributed by atoms with Gasteiger partial charge < -0.3 is 14.8 Å². The van der Waals surface area contributed by atoms with Gasteiger partial charge in [-0.25, -0.2) is 0 Å². The molecule has 0 aliphatic heterocycles. The van der Waals surface area contributed by atoms with Crippen LogP contribution in [0.15, 0.2) is 30.5 Å². The molecule has 0 saturated heterocycles. The zero-order chi connectivity index (χ0) is 11.9. The van der Waals surface area contributed by atoms with Crippen molar-refractivity contribution in [3.8, 4) is 0 Å². The number of fused-ring (bicyclic) bond motifs is 1. The molecule has 1 aliphatic carbocycles. The fraction of sp³-hybridized carbons (Fsp3) is 0.429. The van der Waals surface area contributed by atoms with E-state index in [1.54, 1.807) is 7.11 Å².